The minimum Gasteiger partial charge on any atom is -0.305 e. The molecule has 1 amide bonds. The minimum absolute atomic E-state index is 0.00938. The van der Waals surface area contributed by atoms with Crippen molar-refractivity contribution >= 4 is 11.6 Å². The molecule has 3 heterocycles. The van der Waals surface area contributed by atoms with Gasteiger partial charge in [0.2, 0.25) is 0 Å². The van der Waals surface area contributed by atoms with Crippen LogP contribution in [0.3, 0.4) is 0 Å². The van der Waals surface area contributed by atoms with Crippen molar-refractivity contribution in [1.29, 1.82) is 0 Å². The van der Waals surface area contributed by atoms with E-state index in [1.165, 1.54) is 5.56 Å². The standard InChI is InChI=1S/C20H20N4O/c1-13-10-15(3)24(22-13)19-9-8-17(12-21-19)20(25)23-14(2)11-16-6-4-5-7-18(16)23/h4-10,12,14H,11H2,1-3H3/t14-/m1/s1. The molecule has 0 saturated carbocycles. The van der Waals surface area contributed by atoms with Crippen molar-refractivity contribution in [3.8, 4) is 5.82 Å². The third-order valence-electron chi connectivity index (χ3n) is 4.65. The first kappa shape index (κ1) is 15.6. The first-order valence-corrected chi connectivity index (χ1v) is 8.46. The van der Waals surface area contributed by atoms with Gasteiger partial charge in [-0.15, -0.1) is 0 Å². The monoisotopic (exact) mass is 332 g/mol. The summed E-state index contributed by atoms with van der Waals surface area (Å²) in [5.41, 5.74) is 4.78. The van der Waals surface area contributed by atoms with Crippen LogP contribution in [0.1, 0.15) is 34.2 Å². The lowest BCUT2D eigenvalue weighted by Crippen LogP contribution is -2.35. The number of carbonyl (C=O) groups is 1. The van der Waals surface area contributed by atoms with Gasteiger partial charge in [-0.05, 0) is 57.0 Å². The Morgan fingerprint density at radius 3 is 2.64 bits per heavy atom. The molecule has 1 aliphatic rings. The lowest BCUT2D eigenvalue weighted by Gasteiger charge is -2.22. The number of rotatable bonds is 2. The highest BCUT2D eigenvalue weighted by molar-refractivity contribution is 6.07. The molecule has 0 aliphatic carbocycles. The number of benzene rings is 1. The lowest BCUT2D eigenvalue weighted by atomic mass is 10.1. The van der Waals surface area contributed by atoms with Gasteiger partial charge < -0.3 is 4.90 Å². The number of anilines is 1. The van der Waals surface area contributed by atoms with Crippen LogP contribution < -0.4 is 4.90 Å². The molecule has 0 spiro atoms. The summed E-state index contributed by atoms with van der Waals surface area (Å²) in [4.78, 5) is 19.3. The topological polar surface area (TPSA) is 51.0 Å². The van der Waals surface area contributed by atoms with Gasteiger partial charge in [0.15, 0.2) is 5.82 Å². The van der Waals surface area contributed by atoms with E-state index in [0.717, 1.165) is 29.3 Å². The van der Waals surface area contributed by atoms with Crippen LogP contribution in [0.5, 0.6) is 0 Å². The maximum Gasteiger partial charge on any atom is 0.260 e. The van der Waals surface area contributed by atoms with Crippen molar-refractivity contribution in [2.24, 2.45) is 0 Å². The summed E-state index contributed by atoms with van der Waals surface area (Å²) in [5.74, 6) is 0.710. The number of fused-ring (bicyclic) bond motifs is 1. The van der Waals surface area contributed by atoms with Gasteiger partial charge in [-0.3, -0.25) is 4.79 Å². The number of aromatic nitrogens is 3. The highest BCUT2D eigenvalue weighted by Crippen LogP contribution is 2.33. The molecule has 0 saturated heterocycles. The van der Waals surface area contributed by atoms with Gasteiger partial charge in [-0.1, -0.05) is 18.2 Å². The molecule has 4 rings (SSSR count). The quantitative estimate of drug-likeness (QED) is 0.722. The second-order valence-corrected chi connectivity index (χ2v) is 6.60. The number of carbonyl (C=O) groups excluding carboxylic acids is 1. The number of aryl methyl sites for hydroxylation is 2. The fourth-order valence-electron chi connectivity index (χ4n) is 3.51. The molecule has 5 nitrogen and oxygen atoms in total. The minimum atomic E-state index is -0.00938. The second-order valence-electron chi connectivity index (χ2n) is 6.60. The van der Waals surface area contributed by atoms with E-state index in [4.69, 9.17) is 0 Å². The third-order valence-corrected chi connectivity index (χ3v) is 4.65. The summed E-state index contributed by atoms with van der Waals surface area (Å²) in [6.45, 7) is 6.02. The second kappa shape index (κ2) is 5.84. The van der Waals surface area contributed by atoms with Crippen LogP contribution >= 0.6 is 0 Å². The van der Waals surface area contributed by atoms with Crippen molar-refractivity contribution in [2.45, 2.75) is 33.2 Å². The fourth-order valence-corrected chi connectivity index (χ4v) is 3.51. The highest BCUT2D eigenvalue weighted by atomic mass is 16.2. The molecular formula is C20H20N4O. The number of hydrogen-bond acceptors (Lipinski definition) is 3. The third kappa shape index (κ3) is 2.61. The maximum atomic E-state index is 13.0. The Morgan fingerprint density at radius 2 is 1.96 bits per heavy atom. The molecular weight excluding hydrogens is 312 g/mol. The van der Waals surface area contributed by atoms with E-state index in [0.29, 0.717) is 5.56 Å². The smallest absolute Gasteiger partial charge is 0.260 e. The fraction of sp³-hybridized carbons (Fsp3) is 0.250. The highest BCUT2D eigenvalue weighted by Gasteiger charge is 2.31. The van der Waals surface area contributed by atoms with E-state index in [-0.39, 0.29) is 11.9 Å². The van der Waals surface area contributed by atoms with Crippen LogP contribution in [0, 0.1) is 13.8 Å². The molecule has 2 aromatic heterocycles. The Hall–Kier alpha value is -2.95. The summed E-state index contributed by atoms with van der Waals surface area (Å²) in [6.07, 6.45) is 2.53. The Bertz CT molecular complexity index is 943. The predicted molar refractivity (Wildman–Crippen MR) is 97.3 cm³/mol. The van der Waals surface area contributed by atoms with Crippen LogP contribution in [0.4, 0.5) is 5.69 Å². The zero-order valence-electron chi connectivity index (χ0n) is 14.6. The zero-order valence-corrected chi connectivity index (χ0v) is 14.6. The van der Waals surface area contributed by atoms with Crippen LogP contribution in [-0.4, -0.2) is 26.7 Å². The molecule has 1 atom stereocenters. The van der Waals surface area contributed by atoms with Gasteiger partial charge in [0, 0.05) is 23.6 Å². The summed E-state index contributed by atoms with van der Waals surface area (Å²) in [5, 5.41) is 4.43. The van der Waals surface area contributed by atoms with Crippen LogP contribution in [-0.2, 0) is 6.42 Å². The molecule has 126 valence electrons. The van der Waals surface area contributed by atoms with E-state index in [2.05, 4.69) is 23.1 Å². The first-order valence-electron chi connectivity index (χ1n) is 8.46. The van der Waals surface area contributed by atoms with Gasteiger partial charge in [-0.25, -0.2) is 9.67 Å². The molecule has 0 radical (unpaired) electrons. The van der Waals surface area contributed by atoms with Crippen LogP contribution in [0.25, 0.3) is 5.82 Å². The van der Waals surface area contributed by atoms with E-state index in [9.17, 15) is 4.79 Å². The molecule has 1 aromatic carbocycles. The SMILES string of the molecule is Cc1cc(C)n(-c2ccc(C(=O)N3c4ccccc4C[C@H]3C)cn2)n1. The molecule has 0 fully saturated rings. The van der Waals surface area contributed by atoms with Gasteiger partial charge in [0.05, 0.1) is 11.3 Å². The lowest BCUT2D eigenvalue weighted by molar-refractivity contribution is 0.0981. The zero-order chi connectivity index (χ0) is 17.6. The number of hydrogen-bond donors (Lipinski definition) is 0. The Kier molecular flexibility index (Phi) is 3.64. The average molecular weight is 332 g/mol. The molecule has 0 bridgehead atoms. The van der Waals surface area contributed by atoms with Crippen molar-refractivity contribution < 1.29 is 4.79 Å². The largest absolute Gasteiger partial charge is 0.305 e. The number of para-hydroxylation sites is 1. The van der Waals surface area contributed by atoms with Crippen molar-refractivity contribution in [3.05, 3.63) is 71.2 Å². The maximum absolute atomic E-state index is 13.0. The number of nitrogens with zero attached hydrogens (tertiary/aromatic N) is 4. The first-order chi connectivity index (χ1) is 12.0. The van der Waals surface area contributed by atoms with E-state index < -0.39 is 0 Å². The number of pyridine rings is 1. The molecule has 25 heavy (non-hydrogen) atoms. The Morgan fingerprint density at radius 1 is 1.16 bits per heavy atom. The predicted octanol–water partition coefficient (Wildman–Crippen LogP) is 3.48. The van der Waals surface area contributed by atoms with Gasteiger partial charge in [0.25, 0.3) is 5.91 Å². The van der Waals surface area contributed by atoms with E-state index >= 15 is 0 Å². The Labute approximate surface area is 146 Å². The molecule has 5 heteroatoms. The molecule has 0 unspecified atom stereocenters. The summed E-state index contributed by atoms with van der Waals surface area (Å²) < 4.78 is 1.79. The van der Waals surface area contributed by atoms with Crippen molar-refractivity contribution in [2.75, 3.05) is 4.90 Å². The summed E-state index contributed by atoms with van der Waals surface area (Å²) in [6, 6.07) is 13.9. The van der Waals surface area contributed by atoms with E-state index in [1.807, 2.05) is 55.1 Å². The number of amides is 1. The normalized spacial score (nSPS) is 16.1. The molecule has 0 N–H and O–H groups in total. The van der Waals surface area contributed by atoms with Crippen LogP contribution in [0.15, 0.2) is 48.7 Å². The summed E-state index contributed by atoms with van der Waals surface area (Å²) >= 11 is 0. The van der Waals surface area contributed by atoms with Gasteiger partial charge in [0.1, 0.15) is 0 Å². The van der Waals surface area contributed by atoms with Gasteiger partial charge >= 0.3 is 0 Å². The van der Waals surface area contributed by atoms with E-state index in [1.54, 1.807) is 10.9 Å². The summed E-state index contributed by atoms with van der Waals surface area (Å²) in [7, 11) is 0. The van der Waals surface area contributed by atoms with Crippen LogP contribution in [0.2, 0.25) is 0 Å². The molecule has 3 aromatic rings. The molecule has 1 aliphatic heterocycles. The van der Waals surface area contributed by atoms with Gasteiger partial charge in [-0.2, -0.15) is 5.10 Å². The average Bonchev–Trinajstić information content (AvgIpc) is 3.12. The van der Waals surface area contributed by atoms with Crippen molar-refractivity contribution in [1.82, 2.24) is 14.8 Å². The Balaban J connectivity index is 1.64. The van der Waals surface area contributed by atoms with Crippen molar-refractivity contribution in [3.63, 3.8) is 0 Å².